The minimum absolute atomic E-state index is 0.0183. The summed E-state index contributed by atoms with van der Waals surface area (Å²) in [5.74, 6) is 5.47. The van der Waals surface area contributed by atoms with E-state index in [-0.39, 0.29) is 17.5 Å². The lowest BCUT2D eigenvalue weighted by molar-refractivity contribution is -0.151. The minimum Gasteiger partial charge on any atom is -0.452 e. The van der Waals surface area contributed by atoms with Crippen LogP contribution in [0.25, 0.3) is 10.9 Å². The van der Waals surface area contributed by atoms with Gasteiger partial charge in [-0.05, 0) is 51.1 Å². The molecule has 0 saturated heterocycles. The third-order valence-corrected chi connectivity index (χ3v) is 5.81. The molecule has 3 aromatic rings. The summed E-state index contributed by atoms with van der Waals surface area (Å²) in [6.45, 7) is 5.31. The number of carbonyl (C=O) groups excluding carboxylic acids is 1. The van der Waals surface area contributed by atoms with E-state index in [9.17, 15) is 13.2 Å². The molecule has 144 valence electrons. The Morgan fingerprint density at radius 3 is 2.43 bits per heavy atom. The summed E-state index contributed by atoms with van der Waals surface area (Å²) in [4.78, 5) is 12.0. The second-order valence-corrected chi connectivity index (χ2v) is 9.11. The standard InChI is InChI=1S/C22H21NO4S/c1-22(2,3)21(24)27-16-8-10-17-9-7-13-20-19(17)14-15-23(20)28(25,26)18-11-5-4-6-12-18/h4-7,9,11-15H,16H2,1-3H3. The molecule has 0 aliphatic carbocycles. The van der Waals surface area contributed by atoms with Gasteiger partial charge >= 0.3 is 5.97 Å². The van der Waals surface area contributed by atoms with Crippen LogP contribution in [0.5, 0.6) is 0 Å². The Morgan fingerprint density at radius 2 is 1.75 bits per heavy atom. The summed E-state index contributed by atoms with van der Waals surface area (Å²) < 4.78 is 32.2. The third-order valence-electron chi connectivity index (χ3n) is 4.11. The second kappa shape index (κ2) is 7.53. The van der Waals surface area contributed by atoms with Gasteiger partial charge in [0.2, 0.25) is 0 Å². The molecule has 1 aromatic heterocycles. The van der Waals surface area contributed by atoms with Gasteiger partial charge < -0.3 is 4.74 Å². The van der Waals surface area contributed by atoms with Gasteiger partial charge in [-0.25, -0.2) is 12.4 Å². The molecule has 0 radical (unpaired) electrons. The number of benzene rings is 2. The van der Waals surface area contributed by atoms with Crippen molar-refractivity contribution < 1.29 is 17.9 Å². The molecule has 0 aliphatic heterocycles. The SMILES string of the molecule is CC(C)(C)C(=O)OCC#Cc1cccc2c1ccn2S(=O)(=O)c1ccccc1. The Bertz CT molecular complexity index is 1170. The van der Waals surface area contributed by atoms with Crippen molar-refractivity contribution in [1.82, 2.24) is 3.97 Å². The molecule has 2 aromatic carbocycles. The van der Waals surface area contributed by atoms with Gasteiger partial charge in [0.15, 0.2) is 6.61 Å². The Balaban J connectivity index is 1.91. The molecule has 0 spiro atoms. The molecule has 0 bridgehead atoms. The number of nitrogens with zero attached hydrogens (tertiary/aromatic N) is 1. The lowest BCUT2D eigenvalue weighted by Gasteiger charge is -2.14. The Labute approximate surface area is 165 Å². The highest BCUT2D eigenvalue weighted by molar-refractivity contribution is 7.90. The lowest BCUT2D eigenvalue weighted by Crippen LogP contribution is -2.22. The number of aromatic nitrogens is 1. The number of hydrogen-bond acceptors (Lipinski definition) is 4. The van der Waals surface area contributed by atoms with Crippen molar-refractivity contribution in [2.24, 2.45) is 5.41 Å². The summed E-state index contributed by atoms with van der Waals surface area (Å²) in [5, 5.41) is 0.719. The fraction of sp³-hybridized carbons (Fsp3) is 0.227. The third kappa shape index (κ3) is 3.95. The number of fused-ring (bicyclic) bond motifs is 1. The molecular weight excluding hydrogens is 374 g/mol. The van der Waals surface area contributed by atoms with Crippen molar-refractivity contribution >= 4 is 26.9 Å². The molecule has 0 amide bonds. The fourth-order valence-corrected chi connectivity index (χ4v) is 3.98. The van der Waals surface area contributed by atoms with E-state index in [0.717, 1.165) is 5.39 Å². The Morgan fingerprint density at radius 1 is 1.04 bits per heavy atom. The van der Waals surface area contributed by atoms with Crippen LogP contribution < -0.4 is 0 Å². The van der Waals surface area contributed by atoms with E-state index < -0.39 is 15.4 Å². The largest absolute Gasteiger partial charge is 0.452 e. The molecule has 0 fully saturated rings. The van der Waals surface area contributed by atoms with Gasteiger partial charge in [0.1, 0.15) is 0 Å². The first-order chi connectivity index (χ1) is 13.2. The summed E-state index contributed by atoms with van der Waals surface area (Å²) in [7, 11) is -3.69. The summed E-state index contributed by atoms with van der Waals surface area (Å²) in [6, 6.07) is 15.3. The molecule has 0 aliphatic rings. The van der Waals surface area contributed by atoms with Crippen molar-refractivity contribution in [3.63, 3.8) is 0 Å². The van der Waals surface area contributed by atoms with Crippen LogP contribution in [0.15, 0.2) is 65.7 Å². The molecule has 3 rings (SSSR count). The van der Waals surface area contributed by atoms with Crippen LogP contribution in [0.1, 0.15) is 26.3 Å². The minimum atomic E-state index is -3.69. The monoisotopic (exact) mass is 395 g/mol. The molecule has 0 unspecified atom stereocenters. The predicted octanol–water partition coefficient (Wildman–Crippen LogP) is 3.82. The van der Waals surface area contributed by atoms with Gasteiger partial charge in [-0.3, -0.25) is 4.79 Å². The van der Waals surface area contributed by atoms with E-state index in [4.69, 9.17) is 4.74 Å². The smallest absolute Gasteiger partial charge is 0.312 e. The molecular formula is C22H21NO4S. The number of ether oxygens (including phenoxy) is 1. The first kappa shape index (κ1) is 19.7. The van der Waals surface area contributed by atoms with Gasteiger partial charge in [-0.1, -0.05) is 36.1 Å². The zero-order valence-electron chi connectivity index (χ0n) is 16.0. The maximum atomic E-state index is 12.9. The fourth-order valence-electron chi connectivity index (χ4n) is 2.62. The van der Waals surface area contributed by atoms with Gasteiger partial charge in [-0.15, -0.1) is 0 Å². The van der Waals surface area contributed by atoms with E-state index in [0.29, 0.717) is 11.1 Å². The average Bonchev–Trinajstić information content (AvgIpc) is 3.10. The maximum absolute atomic E-state index is 12.9. The van der Waals surface area contributed by atoms with Crippen LogP contribution in [0.2, 0.25) is 0 Å². The highest BCUT2D eigenvalue weighted by Gasteiger charge is 2.22. The van der Waals surface area contributed by atoms with Crippen molar-refractivity contribution in [3.8, 4) is 11.8 Å². The molecule has 6 heteroatoms. The van der Waals surface area contributed by atoms with Gasteiger partial charge in [0.05, 0.1) is 15.8 Å². The molecule has 0 atom stereocenters. The van der Waals surface area contributed by atoms with E-state index in [1.807, 2.05) is 0 Å². The Kier molecular flexibility index (Phi) is 5.30. The van der Waals surface area contributed by atoms with Gasteiger partial charge in [0, 0.05) is 17.1 Å². The number of carbonyl (C=O) groups is 1. The van der Waals surface area contributed by atoms with Crippen LogP contribution >= 0.6 is 0 Å². The normalized spacial score (nSPS) is 11.7. The first-order valence-corrected chi connectivity index (χ1v) is 10.2. The topological polar surface area (TPSA) is 65.4 Å². The maximum Gasteiger partial charge on any atom is 0.312 e. The van der Waals surface area contributed by atoms with E-state index >= 15 is 0 Å². The predicted molar refractivity (Wildman–Crippen MR) is 108 cm³/mol. The molecule has 28 heavy (non-hydrogen) atoms. The number of rotatable bonds is 3. The summed E-state index contributed by atoms with van der Waals surface area (Å²) in [5.41, 5.74) is 0.638. The average molecular weight is 395 g/mol. The van der Waals surface area contributed by atoms with Crippen molar-refractivity contribution in [1.29, 1.82) is 0 Å². The number of hydrogen-bond donors (Lipinski definition) is 0. The van der Waals surface area contributed by atoms with Gasteiger partial charge in [-0.2, -0.15) is 0 Å². The molecule has 1 heterocycles. The van der Waals surface area contributed by atoms with Crippen LogP contribution in [0, 0.1) is 17.3 Å². The zero-order valence-corrected chi connectivity index (χ0v) is 16.8. The van der Waals surface area contributed by atoms with E-state index in [1.54, 1.807) is 75.4 Å². The van der Waals surface area contributed by atoms with Crippen LogP contribution in [0.3, 0.4) is 0 Å². The highest BCUT2D eigenvalue weighted by Crippen LogP contribution is 2.24. The zero-order chi connectivity index (χ0) is 20.4. The molecule has 5 nitrogen and oxygen atoms in total. The molecule has 0 N–H and O–H groups in total. The van der Waals surface area contributed by atoms with Crippen molar-refractivity contribution in [2.45, 2.75) is 25.7 Å². The van der Waals surface area contributed by atoms with Crippen LogP contribution in [0.4, 0.5) is 0 Å². The van der Waals surface area contributed by atoms with Crippen molar-refractivity contribution in [3.05, 3.63) is 66.4 Å². The van der Waals surface area contributed by atoms with E-state index in [1.165, 1.54) is 10.2 Å². The number of esters is 1. The summed E-state index contributed by atoms with van der Waals surface area (Å²) in [6.07, 6.45) is 1.53. The highest BCUT2D eigenvalue weighted by atomic mass is 32.2. The van der Waals surface area contributed by atoms with E-state index in [2.05, 4.69) is 11.8 Å². The summed E-state index contributed by atoms with van der Waals surface area (Å²) >= 11 is 0. The quantitative estimate of drug-likeness (QED) is 0.500. The van der Waals surface area contributed by atoms with Gasteiger partial charge in [0.25, 0.3) is 10.0 Å². The molecule has 0 saturated carbocycles. The first-order valence-electron chi connectivity index (χ1n) is 8.78. The van der Waals surface area contributed by atoms with Crippen LogP contribution in [-0.2, 0) is 19.6 Å². The lowest BCUT2D eigenvalue weighted by atomic mass is 9.97. The second-order valence-electron chi connectivity index (χ2n) is 7.30. The van der Waals surface area contributed by atoms with Crippen molar-refractivity contribution in [2.75, 3.05) is 6.61 Å². The Hall–Kier alpha value is -3.04. The van der Waals surface area contributed by atoms with Crippen LogP contribution in [-0.4, -0.2) is 25.0 Å².